The van der Waals surface area contributed by atoms with Crippen LogP contribution in [-0.2, 0) is 22.0 Å². The molecule has 4 rings (SSSR count). The molecule has 2 amide bonds. The van der Waals surface area contributed by atoms with E-state index in [2.05, 4.69) is 9.71 Å². The van der Waals surface area contributed by atoms with E-state index in [-0.39, 0.29) is 38.7 Å². The number of halogens is 1. The highest BCUT2D eigenvalue weighted by molar-refractivity contribution is 7.92. The summed E-state index contributed by atoms with van der Waals surface area (Å²) in [7, 11) is -4.02. The fourth-order valence-corrected chi connectivity index (χ4v) is 5.13. The molecule has 1 N–H and O–H groups in total. The average molecular weight is 498 g/mol. The molecule has 1 aromatic heterocycles. The second-order valence-corrected chi connectivity index (χ2v) is 11.4. The molecule has 0 saturated carbocycles. The highest BCUT2D eigenvalue weighted by Gasteiger charge is 2.40. The van der Waals surface area contributed by atoms with Gasteiger partial charge in [0.2, 0.25) is 0 Å². The summed E-state index contributed by atoms with van der Waals surface area (Å²) in [6.45, 7) is 7.96. The smallest absolute Gasteiger partial charge is 0.264 e. The number of rotatable bonds is 5. The van der Waals surface area contributed by atoms with E-state index in [1.54, 1.807) is 24.5 Å². The first-order valence-corrected chi connectivity index (χ1v) is 12.5. The predicted octanol–water partition coefficient (Wildman–Crippen LogP) is 4.94. The van der Waals surface area contributed by atoms with Gasteiger partial charge in [0.15, 0.2) is 0 Å². The highest BCUT2D eigenvalue weighted by atomic mass is 35.5. The molecular weight excluding hydrogens is 474 g/mol. The number of amides is 2. The Morgan fingerprint density at radius 3 is 2.24 bits per heavy atom. The third-order valence-electron chi connectivity index (χ3n) is 5.62. The van der Waals surface area contributed by atoms with Gasteiger partial charge in [0.1, 0.15) is 0 Å². The van der Waals surface area contributed by atoms with Gasteiger partial charge in [0.25, 0.3) is 21.8 Å². The van der Waals surface area contributed by atoms with E-state index < -0.39 is 21.8 Å². The van der Waals surface area contributed by atoms with Gasteiger partial charge in [0.05, 0.1) is 33.3 Å². The summed E-state index contributed by atoms with van der Waals surface area (Å²) in [4.78, 5) is 31.5. The summed E-state index contributed by atoms with van der Waals surface area (Å²) in [5.41, 5.74) is 2.34. The molecule has 1 aliphatic heterocycles. The number of fused-ring (bicyclic) bond motifs is 1. The van der Waals surface area contributed by atoms with Crippen LogP contribution in [0.5, 0.6) is 0 Å². The zero-order chi connectivity index (χ0) is 24.8. The molecule has 0 fully saturated rings. The zero-order valence-corrected chi connectivity index (χ0v) is 20.8. The molecule has 7 nitrogen and oxygen atoms in total. The van der Waals surface area contributed by atoms with Crippen molar-refractivity contribution in [2.75, 3.05) is 4.72 Å². The molecule has 0 saturated heterocycles. The average Bonchev–Trinajstić information content (AvgIpc) is 3.01. The van der Waals surface area contributed by atoms with Gasteiger partial charge in [-0.2, -0.15) is 0 Å². The van der Waals surface area contributed by atoms with E-state index in [1.165, 1.54) is 24.3 Å². The lowest BCUT2D eigenvalue weighted by Gasteiger charge is -2.19. The SMILES string of the molecule is Cc1cncc(CN2C(=O)c3c(Cl)ccc(NS(=O)(=O)c4ccc(C(C)(C)C)cc4)c3C2=O)c1. The van der Waals surface area contributed by atoms with Crippen molar-refractivity contribution in [3.63, 3.8) is 0 Å². The van der Waals surface area contributed by atoms with E-state index >= 15 is 0 Å². The second-order valence-electron chi connectivity index (χ2n) is 9.29. The fourth-order valence-electron chi connectivity index (χ4n) is 3.82. The maximum atomic E-state index is 13.2. The molecule has 0 spiro atoms. The van der Waals surface area contributed by atoms with Crippen molar-refractivity contribution in [1.29, 1.82) is 0 Å². The molecule has 9 heteroatoms. The molecule has 0 unspecified atom stereocenters. The fraction of sp³-hybridized carbons (Fsp3) is 0.240. The number of nitrogens with one attached hydrogen (secondary N) is 1. The van der Waals surface area contributed by atoms with E-state index in [0.29, 0.717) is 5.56 Å². The van der Waals surface area contributed by atoms with Crippen LogP contribution < -0.4 is 4.72 Å². The second kappa shape index (κ2) is 8.52. The molecule has 2 aromatic carbocycles. The molecule has 1 aliphatic rings. The van der Waals surface area contributed by atoms with Gasteiger partial charge in [0, 0.05) is 12.4 Å². The molecule has 176 valence electrons. The zero-order valence-electron chi connectivity index (χ0n) is 19.2. The van der Waals surface area contributed by atoms with Crippen LogP contribution in [-0.4, -0.2) is 30.1 Å². The van der Waals surface area contributed by atoms with Gasteiger partial charge in [-0.25, -0.2) is 8.42 Å². The first-order chi connectivity index (χ1) is 15.9. The molecule has 2 heterocycles. The van der Waals surface area contributed by atoms with Crippen LogP contribution in [0.15, 0.2) is 59.8 Å². The van der Waals surface area contributed by atoms with Crippen molar-refractivity contribution in [2.45, 2.75) is 44.6 Å². The monoisotopic (exact) mass is 497 g/mol. The van der Waals surface area contributed by atoms with E-state index in [1.807, 2.05) is 33.8 Å². The Morgan fingerprint density at radius 2 is 1.62 bits per heavy atom. The summed E-state index contributed by atoms with van der Waals surface area (Å²) in [5.74, 6) is -1.20. The first kappa shape index (κ1) is 23.9. The third kappa shape index (κ3) is 4.43. The Morgan fingerprint density at radius 1 is 0.971 bits per heavy atom. The topological polar surface area (TPSA) is 96.4 Å². The Balaban J connectivity index is 1.68. The van der Waals surface area contributed by atoms with Gasteiger partial charge < -0.3 is 0 Å². The number of pyridine rings is 1. The number of benzene rings is 2. The Kier molecular flexibility index (Phi) is 5.99. The lowest BCUT2D eigenvalue weighted by atomic mass is 9.87. The maximum Gasteiger partial charge on any atom is 0.264 e. The molecule has 34 heavy (non-hydrogen) atoms. The van der Waals surface area contributed by atoms with Crippen LogP contribution in [0.3, 0.4) is 0 Å². The number of imide groups is 1. The summed E-state index contributed by atoms with van der Waals surface area (Å²) in [6.07, 6.45) is 3.24. The third-order valence-corrected chi connectivity index (χ3v) is 7.32. The lowest BCUT2D eigenvalue weighted by Crippen LogP contribution is -2.29. The van der Waals surface area contributed by atoms with Crippen LogP contribution >= 0.6 is 11.6 Å². The lowest BCUT2D eigenvalue weighted by molar-refractivity contribution is 0.0642. The van der Waals surface area contributed by atoms with Gasteiger partial charge >= 0.3 is 0 Å². The number of hydrogen-bond donors (Lipinski definition) is 1. The normalized spacial score (nSPS) is 13.9. The van der Waals surface area contributed by atoms with E-state index in [9.17, 15) is 18.0 Å². The Labute approximate surface area is 203 Å². The quantitative estimate of drug-likeness (QED) is 0.504. The molecule has 0 bridgehead atoms. The molecular formula is C25H24ClN3O4S. The van der Waals surface area contributed by atoms with Gasteiger partial charge in [-0.05, 0) is 53.3 Å². The first-order valence-electron chi connectivity index (χ1n) is 10.6. The summed E-state index contributed by atoms with van der Waals surface area (Å²) < 4.78 is 28.6. The highest BCUT2D eigenvalue weighted by Crippen LogP contribution is 2.36. The van der Waals surface area contributed by atoms with Crippen molar-refractivity contribution in [2.24, 2.45) is 0 Å². The van der Waals surface area contributed by atoms with Crippen LogP contribution in [0.4, 0.5) is 5.69 Å². The van der Waals surface area contributed by atoms with Crippen LogP contribution in [0.2, 0.25) is 5.02 Å². The van der Waals surface area contributed by atoms with E-state index in [0.717, 1.165) is 16.0 Å². The van der Waals surface area contributed by atoms with Crippen LogP contribution in [0, 0.1) is 6.92 Å². The summed E-state index contributed by atoms with van der Waals surface area (Å²) in [5, 5.41) is 0.0793. The van der Waals surface area contributed by atoms with Crippen molar-refractivity contribution < 1.29 is 18.0 Å². The largest absolute Gasteiger partial charge is 0.279 e. The summed E-state index contributed by atoms with van der Waals surface area (Å²) >= 11 is 6.25. The van der Waals surface area contributed by atoms with Crippen molar-refractivity contribution in [3.8, 4) is 0 Å². The van der Waals surface area contributed by atoms with Crippen LogP contribution in [0.1, 0.15) is 58.2 Å². The molecule has 0 aliphatic carbocycles. The standard InChI is InChI=1S/C25H24ClN3O4S/c1-15-11-16(13-27-12-15)14-29-23(30)21-19(26)9-10-20(22(21)24(29)31)28-34(32,33)18-7-5-17(6-8-18)25(2,3)4/h5-13,28H,14H2,1-4H3. The van der Waals surface area contributed by atoms with Gasteiger partial charge in [-0.1, -0.05) is 50.6 Å². The van der Waals surface area contributed by atoms with Gasteiger partial charge in [-0.3, -0.25) is 24.2 Å². The van der Waals surface area contributed by atoms with Gasteiger partial charge in [-0.15, -0.1) is 0 Å². The predicted molar refractivity (Wildman–Crippen MR) is 131 cm³/mol. The van der Waals surface area contributed by atoms with Crippen LogP contribution in [0.25, 0.3) is 0 Å². The number of nitrogens with zero attached hydrogens (tertiary/aromatic N) is 2. The Hall–Kier alpha value is -3.23. The van der Waals surface area contributed by atoms with Crippen molar-refractivity contribution >= 4 is 39.1 Å². The maximum absolute atomic E-state index is 13.2. The minimum absolute atomic E-state index is 0.00217. The number of carbonyl (C=O) groups excluding carboxylic acids is 2. The minimum Gasteiger partial charge on any atom is -0.279 e. The number of carbonyl (C=O) groups is 2. The minimum atomic E-state index is -4.02. The van der Waals surface area contributed by atoms with Crippen molar-refractivity contribution in [1.82, 2.24) is 9.88 Å². The molecule has 0 radical (unpaired) electrons. The number of aryl methyl sites for hydroxylation is 1. The number of hydrogen-bond acceptors (Lipinski definition) is 5. The Bertz CT molecular complexity index is 1410. The number of sulfonamides is 1. The molecule has 3 aromatic rings. The molecule has 0 atom stereocenters. The van der Waals surface area contributed by atoms with Crippen molar-refractivity contribution in [3.05, 3.63) is 87.7 Å². The number of aromatic nitrogens is 1. The van der Waals surface area contributed by atoms with E-state index in [4.69, 9.17) is 11.6 Å². The summed E-state index contributed by atoms with van der Waals surface area (Å²) in [6, 6.07) is 11.2. The number of anilines is 1.